The molecule has 1 aromatic carbocycles. The van der Waals surface area contributed by atoms with Gasteiger partial charge in [0.25, 0.3) is 0 Å². The van der Waals surface area contributed by atoms with Gasteiger partial charge in [-0.3, -0.25) is 4.79 Å². The lowest BCUT2D eigenvalue weighted by molar-refractivity contribution is -0.129. The van der Waals surface area contributed by atoms with Crippen LogP contribution in [-0.4, -0.2) is 34.6 Å². The molecule has 1 aliphatic rings. The molecule has 1 amide bonds. The summed E-state index contributed by atoms with van der Waals surface area (Å²) in [5.74, 6) is -0.263. The lowest BCUT2D eigenvalue weighted by Crippen LogP contribution is -2.36. The number of hydrogen-bond donors (Lipinski definition) is 1. The Labute approximate surface area is 99.9 Å². The second-order valence-corrected chi connectivity index (χ2v) is 4.58. The number of hydrogen-bond acceptors (Lipinski definition) is 2. The molecular formula is C13H16FNO2. The van der Waals surface area contributed by atoms with Crippen molar-refractivity contribution in [2.45, 2.75) is 31.9 Å². The molecule has 1 aromatic rings. The predicted octanol–water partition coefficient (Wildman–Crippen LogP) is 1.35. The molecular weight excluding hydrogens is 221 g/mol. The average molecular weight is 237 g/mol. The molecule has 0 aliphatic carbocycles. The maximum Gasteiger partial charge on any atom is 0.225 e. The Balaban J connectivity index is 1.99. The minimum atomic E-state index is -0.543. The molecule has 0 radical (unpaired) electrons. The van der Waals surface area contributed by atoms with Gasteiger partial charge < -0.3 is 10.0 Å². The lowest BCUT2D eigenvalue weighted by Gasteiger charge is -2.24. The lowest BCUT2D eigenvalue weighted by atomic mass is 10.1. The SMILES string of the molecule is CC(Cc1ccc(F)cc1)N1CC(O)CC1=O. The zero-order chi connectivity index (χ0) is 12.4. The van der Waals surface area contributed by atoms with Gasteiger partial charge in [-0.1, -0.05) is 12.1 Å². The molecule has 0 spiro atoms. The summed E-state index contributed by atoms with van der Waals surface area (Å²) in [5.41, 5.74) is 0.994. The molecule has 1 N–H and O–H groups in total. The van der Waals surface area contributed by atoms with Crippen LogP contribution in [0, 0.1) is 5.82 Å². The van der Waals surface area contributed by atoms with E-state index in [1.807, 2.05) is 6.92 Å². The van der Waals surface area contributed by atoms with Crippen molar-refractivity contribution in [2.24, 2.45) is 0 Å². The molecule has 2 atom stereocenters. The Bertz CT molecular complexity index is 404. The Morgan fingerprint density at radius 3 is 2.65 bits per heavy atom. The Morgan fingerprint density at radius 2 is 2.12 bits per heavy atom. The van der Waals surface area contributed by atoms with E-state index in [9.17, 15) is 14.3 Å². The molecule has 4 heteroatoms. The third kappa shape index (κ3) is 2.82. The van der Waals surface area contributed by atoms with Crippen molar-refractivity contribution in [3.8, 4) is 0 Å². The normalized spacial score (nSPS) is 21.9. The Kier molecular flexibility index (Phi) is 3.43. The summed E-state index contributed by atoms with van der Waals surface area (Å²) in [4.78, 5) is 13.3. The van der Waals surface area contributed by atoms with Crippen molar-refractivity contribution < 1.29 is 14.3 Å². The molecule has 1 aliphatic heterocycles. The minimum absolute atomic E-state index is 0.00730. The number of benzene rings is 1. The van der Waals surface area contributed by atoms with E-state index < -0.39 is 6.10 Å². The van der Waals surface area contributed by atoms with Crippen LogP contribution in [0.1, 0.15) is 18.9 Å². The second-order valence-electron chi connectivity index (χ2n) is 4.58. The van der Waals surface area contributed by atoms with E-state index >= 15 is 0 Å². The van der Waals surface area contributed by atoms with Crippen LogP contribution in [0.2, 0.25) is 0 Å². The molecule has 1 saturated heterocycles. The third-order valence-electron chi connectivity index (χ3n) is 3.11. The van der Waals surface area contributed by atoms with E-state index in [0.717, 1.165) is 5.56 Å². The summed E-state index contributed by atoms with van der Waals surface area (Å²) in [7, 11) is 0. The van der Waals surface area contributed by atoms with E-state index in [4.69, 9.17) is 0 Å². The fraction of sp³-hybridized carbons (Fsp3) is 0.462. The van der Waals surface area contributed by atoms with Crippen molar-refractivity contribution in [1.29, 1.82) is 0 Å². The van der Waals surface area contributed by atoms with Crippen LogP contribution in [0.25, 0.3) is 0 Å². The van der Waals surface area contributed by atoms with E-state index in [0.29, 0.717) is 13.0 Å². The van der Waals surface area contributed by atoms with Gasteiger partial charge in [-0.25, -0.2) is 4.39 Å². The highest BCUT2D eigenvalue weighted by molar-refractivity contribution is 5.79. The first-order valence-electron chi connectivity index (χ1n) is 5.78. The van der Waals surface area contributed by atoms with E-state index in [1.54, 1.807) is 17.0 Å². The van der Waals surface area contributed by atoms with E-state index in [-0.39, 0.29) is 24.2 Å². The first-order chi connectivity index (χ1) is 8.06. The van der Waals surface area contributed by atoms with Gasteiger partial charge in [0.15, 0.2) is 0 Å². The summed E-state index contributed by atoms with van der Waals surface area (Å²) in [5, 5.41) is 9.41. The largest absolute Gasteiger partial charge is 0.391 e. The topological polar surface area (TPSA) is 40.5 Å². The van der Waals surface area contributed by atoms with E-state index in [1.165, 1.54) is 12.1 Å². The summed E-state index contributed by atoms with van der Waals surface area (Å²) in [6.07, 6.45) is 0.352. The van der Waals surface area contributed by atoms with Gasteiger partial charge in [0, 0.05) is 12.6 Å². The number of halogens is 1. The highest BCUT2D eigenvalue weighted by Gasteiger charge is 2.31. The Morgan fingerprint density at radius 1 is 1.47 bits per heavy atom. The predicted molar refractivity (Wildman–Crippen MR) is 61.9 cm³/mol. The molecule has 0 aromatic heterocycles. The number of rotatable bonds is 3. The fourth-order valence-electron chi connectivity index (χ4n) is 2.21. The minimum Gasteiger partial charge on any atom is -0.391 e. The maximum absolute atomic E-state index is 12.7. The first-order valence-corrected chi connectivity index (χ1v) is 5.78. The molecule has 2 rings (SSSR count). The molecule has 1 fully saturated rings. The van der Waals surface area contributed by atoms with Crippen LogP contribution in [-0.2, 0) is 11.2 Å². The van der Waals surface area contributed by atoms with Crippen LogP contribution in [0.4, 0.5) is 4.39 Å². The first kappa shape index (κ1) is 12.0. The van der Waals surface area contributed by atoms with Crippen LogP contribution in [0.5, 0.6) is 0 Å². The fourth-order valence-corrected chi connectivity index (χ4v) is 2.21. The van der Waals surface area contributed by atoms with Gasteiger partial charge in [-0.15, -0.1) is 0 Å². The number of nitrogens with zero attached hydrogens (tertiary/aromatic N) is 1. The number of amides is 1. The van der Waals surface area contributed by atoms with Crippen LogP contribution < -0.4 is 0 Å². The zero-order valence-corrected chi connectivity index (χ0v) is 9.77. The molecule has 92 valence electrons. The molecule has 0 saturated carbocycles. The van der Waals surface area contributed by atoms with Crippen molar-refractivity contribution in [1.82, 2.24) is 4.90 Å². The highest BCUT2D eigenvalue weighted by atomic mass is 19.1. The van der Waals surface area contributed by atoms with Gasteiger partial charge in [-0.2, -0.15) is 0 Å². The van der Waals surface area contributed by atoms with E-state index in [2.05, 4.69) is 0 Å². The summed E-state index contributed by atoms with van der Waals surface area (Å²) >= 11 is 0. The highest BCUT2D eigenvalue weighted by Crippen LogP contribution is 2.17. The number of likely N-dealkylation sites (tertiary alicyclic amines) is 1. The quantitative estimate of drug-likeness (QED) is 0.862. The molecule has 3 nitrogen and oxygen atoms in total. The second kappa shape index (κ2) is 4.84. The molecule has 17 heavy (non-hydrogen) atoms. The van der Waals surface area contributed by atoms with Gasteiger partial charge in [0.05, 0.1) is 12.5 Å². The van der Waals surface area contributed by atoms with Crippen molar-refractivity contribution in [3.63, 3.8) is 0 Å². The van der Waals surface area contributed by atoms with Gasteiger partial charge in [0.2, 0.25) is 5.91 Å². The van der Waals surface area contributed by atoms with Crippen LogP contribution in [0.15, 0.2) is 24.3 Å². The average Bonchev–Trinajstić information content (AvgIpc) is 2.61. The smallest absolute Gasteiger partial charge is 0.225 e. The summed E-state index contributed by atoms with van der Waals surface area (Å²) < 4.78 is 12.7. The monoisotopic (exact) mass is 237 g/mol. The van der Waals surface area contributed by atoms with Crippen molar-refractivity contribution in [2.75, 3.05) is 6.54 Å². The van der Waals surface area contributed by atoms with Crippen LogP contribution in [0.3, 0.4) is 0 Å². The Hall–Kier alpha value is -1.42. The summed E-state index contributed by atoms with van der Waals surface area (Å²) in [6, 6.07) is 6.32. The van der Waals surface area contributed by atoms with Gasteiger partial charge in [0.1, 0.15) is 5.82 Å². The molecule has 1 heterocycles. The maximum atomic E-state index is 12.7. The number of aliphatic hydroxyl groups excluding tert-OH is 1. The molecule has 2 unspecified atom stereocenters. The summed E-state index contributed by atoms with van der Waals surface area (Å²) in [6.45, 7) is 2.35. The van der Waals surface area contributed by atoms with Crippen LogP contribution >= 0.6 is 0 Å². The van der Waals surface area contributed by atoms with Crippen molar-refractivity contribution in [3.05, 3.63) is 35.6 Å². The molecule has 0 bridgehead atoms. The third-order valence-corrected chi connectivity index (χ3v) is 3.11. The van der Waals surface area contributed by atoms with Gasteiger partial charge in [-0.05, 0) is 31.0 Å². The number of β-amino-alcohol motifs (C(OH)–C–C–N with tert-alkyl or cyclic N) is 1. The number of carbonyl (C=O) groups is 1. The van der Waals surface area contributed by atoms with Gasteiger partial charge >= 0.3 is 0 Å². The van der Waals surface area contributed by atoms with Crippen molar-refractivity contribution >= 4 is 5.91 Å². The number of carbonyl (C=O) groups excluding carboxylic acids is 1. The number of aliphatic hydroxyl groups is 1. The standard InChI is InChI=1S/C13H16FNO2/c1-9(15-8-12(16)7-13(15)17)6-10-2-4-11(14)5-3-10/h2-5,9,12,16H,6-8H2,1H3. The zero-order valence-electron chi connectivity index (χ0n) is 9.77.